The summed E-state index contributed by atoms with van der Waals surface area (Å²) >= 11 is 0. The van der Waals surface area contributed by atoms with Crippen molar-refractivity contribution >= 4 is 18.3 Å². The second kappa shape index (κ2) is 5.38. The number of nitrogens with two attached hydrogens (primary N) is 1. The molecule has 4 heteroatoms. The van der Waals surface area contributed by atoms with Gasteiger partial charge in [-0.3, -0.25) is 4.79 Å². The number of piperidine rings is 1. The lowest BCUT2D eigenvalue weighted by Crippen LogP contribution is -2.38. The van der Waals surface area contributed by atoms with Gasteiger partial charge < -0.3 is 10.6 Å². The quantitative estimate of drug-likeness (QED) is 0.698. The van der Waals surface area contributed by atoms with E-state index >= 15 is 0 Å². The highest BCUT2D eigenvalue weighted by Gasteiger charge is 2.21. The van der Waals surface area contributed by atoms with E-state index in [1.54, 1.807) is 0 Å². The zero-order chi connectivity index (χ0) is 8.27. The fourth-order valence-electron chi connectivity index (χ4n) is 1.53. The normalized spacial score (nSPS) is 20.1. The molecule has 72 valence electrons. The zero-order valence-corrected chi connectivity index (χ0v) is 8.27. The fourth-order valence-corrected chi connectivity index (χ4v) is 1.53. The molecule has 12 heavy (non-hydrogen) atoms. The molecule has 2 N–H and O–H groups in total. The van der Waals surface area contributed by atoms with Gasteiger partial charge in [-0.1, -0.05) is 6.92 Å². The van der Waals surface area contributed by atoms with Crippen molar-refractivity contribution in [3.63, 3.8) is 0 Å². The van der Waals surface area contributed by atoms with E-state index < -0.39 is 0 Å². The van der Waals surface area contributed by atoms with Crippen molar-refractivity contribution in [2.24, 2.45) is 11.7 Å². The second-order valence-electron chi connectivity index (χ2n) is 3.11. The summed E-state index contributed by atoms with van der Waals surface area (Å²) in [5.41, 5.74) is 5.20. The minimum Gasteiger partial charge on any atom is -0.369 e. The first-order valence-electron chi connectivity index (χ1n) is 4.25. The summed E-state index contributed by atoms with van der Waals surface area (Å²) < 4.78 is 0. The van der Waals surface area contributed by atoms with Crippen LogP contribution in [-0.2, 0) is 4.79 Å². The second-order valence-corrected chi connectivity index (χ2v) is 3.11. The van der Waals surface area contributed by atoms with Crippen LogP contribution in [0, 0.1) is 5.92 Å². The number of nitrogens with zero attached hydrogens (tertiary/aromatic N) is 1. The molecule has 3 nitrogen and oxygen atoms in total. The van der Waals surface area contributed by atoms with Gasteiger partial charge in [-0.05, 0) is 32.5 Å². The Balaban J connectivity index is 0.00000121. The summed E-state index contributed by atoms with van der Waals surface area (Å²) in [5, 5.41) is 0. The molecule has 0 aromatic carbocycles. The van der Waals surface area contributed by atoms with Gasteiger partial charge in [0.05, 0.1) is 0 Å². The maximum absolute atomic E-state index is 10.8. The van der Waals surface area contributed by atoms with Gasteiger partial charge in [0.2, 0.25) is 5.91 Å². The Kier molecular flexibility index (Phi) is 5.25. The summed E-state index contributed by atoms with van der Waals surface area (Å²) in [6.45, 7) is 5.30. The highest BCUT2D eigenvalue weighted by molar-refractivity contribution is 5.85. The molecule has 1 aliphatic rings. The molecule has 0 aromatic heterocycles. The maximum atomic E-state index is 10.8. The van der Waals surface area contributed by atoms with Crippen LogP contribution in [0.15, 0.2) is 0 Å². The molecule has 1 amide bonds. The van der Waals surface area contributed by atoms with E-state index in [1.807, 2.05) is 0 Å². The molecule has 0 unspecified atom stereocenters. The number of carbonyl (C=O) groups excluding carboxylic acids is 1. The van der Waals surface area contributed by atoms with Gasteiger partial charge in [-0.2, -0.15) is 0 Å². The van der Waals surface area contributed by atoms with E-state index in [-0.39, 0.29) is 24.2 Å². The highest BCUT2D eigenvalue weighted by Crippen LogP contribution is 2.15. The molecule has 1 saturated heterocycles. The molecule has 0 saturated carbocycles. The predicted octanol–water partition coefficient (Wildman–Crippen LogP) is 0.625. The van der Waals surface area contributed by atoms with Crippen LogP contribution in [0.4, 0.5) is 0 Å². The number of primary amides is 1. The van der Waals surface area contributed by atoms with Crippen LogP contribution in [0.5, 0.6) is 0 Å². The van der Waals surface area contributed by atoms with E-state index in [2.05, 4.69) is 11.8 Å². The van der Waals surface area contributed by atoms with Crippen LogP contribution in [0.1, 0.15) is 19.8 Å². The first kappa shape index (κ1) is 11.7. The number of carbonyl (C=O) groups is 1. The Labute approximate surface area is 79.7 Å². The van der Waals surface area contributed by atoms with Crippen molar-refractivity contribution in [3.05, 3.63) is 0 Å². The van der Waals surface area contributed by atoms with Crippen molar-refractivity contribution in [1.29, 1.82) is 0 Å². The van der Waals surface area contributed by atoms with Gasteiger partial charge in [0.25, 0.3) is 0 Å². The topological polar surface area (TPSA) is 46.3 Å². The molecule has 1 heterocycles. The first-order valence-corrected chi connectivity index (χ1v) is 4.25. The van der Waals surface area contributed by atoms with Crippen molar-refractivity contribution in [2.45, 2.75) is 19.8 Å². The number of rotatable bonds is 2. The van der Waals surface area contributed by atoms with E-state index in [9.17, 15) is 4.79 Å². The number of amides is 1. The third-order valence-corrected chi connectivity index (χ3v) is 2.44. The summed E-state index contributed by atoms with van der Waals surface area (Å²) in [7, 11) is 0. The Morgan fingerprint density at radius 3 is 2.33 bits per heavy atom. The molecule has 0 radical (unpaired) electrons. The molecule has 0 aliphatic carbocycles. The average Bonchev–Trinajstić information content (AvgIpc) is 2.05. The van der Waals surface area contributed by atoms with E-state index in [0.29, 0.717) is 0 Å². The molecular weight excluding hydrogens is 176 g/mol. The summed E-state index contributed by atoms with van der Waals surface area (Å²) in [4.78, 5) is 13.1. The maximum Gasteiger partial charge on any atom is 0.220 e. The van der Waals surface area contributed by atoms with Gasteiger partial charge in [-0.25, -0.2) is 0 Å². The lowest BCUT2D eigenvalue weighted by molar-refractivity contribution is -0.123. The minimum absolute atomic E-state index is 0. The van der Waals surface area contributed by atoms with E-state index in [4.69, 9.17) is 5.73 Å². The molecule has 0 spiro atoms. The predicted molar refractivity (Wildman–Crippen MR) is 51.3 cm³/mol. The number of hydrogen-bond acceptors (Lipinski definition) is 2. The summed E-state index contributed by atoms with van der Waals surface area (Å²) in [6, 6.07) is 0. The molecule has 0 bridgehead atoms. The lowest BCUT2D eigenvalue weighted by Gasteiger charge is -2.29. The van der Waals surface area contributed by atoms with E-state index in [1.165, 1.54) is 0 Å². The standard InChI is InChI=1S/C8H16N2O.ClH/c1-2-10-5-3-7(4-6-10)8(9)11;/h7H,2-6H2,1H3,(H2,9,11);1H. The number of likely N-dealkylation sites (tertiary alicyclic amines) is 1. The monoisotopic (exact) mass is 192 g/mol. The average molecular weight is 193 g/mol. The SMILES string of the molecule is CCN1CCC(C(N)=O)CC1.Cl. The zero-order valence-electron chi connectivity index (χ0n) is 7.45. The lowest BCUT2D eigenvalue weighted by atomic mass is 9.96. The molecule has 0 atom stereocenters. The van der Waals surface area contributed by atoms with E-state index in [0.717, 1.165) is 32.5 Å². The third-order valence-electron chi connectivity index (χ3n) is 2.44. The first-order chi connectivity index (χ1) is 5.24. The van der Waals surface area contributed by atoms with Crippen molar-refractivity contribution in [1.82, 2.24) is 4.90 Å². The Bertz CT molecular complexity index is 144. The molecule has 1 aliphatic heterocycles. The Morgan fingerprint density at radius 2 is 2.00 bits per heavy atom. The van der Waals surface area contributed by atoms with Gasteiger partial charge in [0.1, 0.15) is 0 Å². The van der Waals surface area contributed by atoms with Crippen LogP contribution < -0.4 is 5.73 Å². The molecule has 1 rings (SSSR count). The van der Waals surface area contributed by atoms with Gasteiger partial charge >= 0.3 is 0 Å². The number of hydrogen-bond donors (Lipinski definition) is 1. The van der Waals surface area contributed by atoms with Crippen molar-refractivity contribution in [2.75, 3.05) is 19.6 Å². The highest BCUT2D eigenvalue weighted by atomic mass is 35.5. The van der Waals surface area contributed by atoms with Crippen LogP contribution in [0.3, 0.4) is 0 Å². The van der Waals surface area contributed by atoms with Gasteiger partial charge in [-0.15, -0.1) is 12.4 Å². The van der Waals surface area contributed by atoms with Gasteiger partial charge in [0, 0.05) is 5.92 Å². The molecule has 1 fully saturated rings. The van der Waals surface area contributed by atoms with Crippen molar-refractivity contribution < 1.29 is 4.79 Å². The fraction of sp³-hybridized carbons (Fsp3) is 0.875. The van der Waals surface area contributed by atoms with Crippen LogP contribution in [-0.4, -0.2) is 30.4 Å². The van der Waals surface area contributed by atoms with Gasteiger partial charge in [0.15, 0.2) is 0 Å². The Hall–Kier alpha value is -0.280. The Morgan fingerprint density at radius 1 is 1.50 bits per heavy atom. The van der Waals surface area contributed by atoms with Crippen molar-refractivity contribution in [3.8, 4) is 0 Å². The molecule has 0 aromatic rings. The van der Waals surface area contributed by atoms with Crippen LogP contribution in [0.2, 0.25) is 0 Å². The van der Waals surface area contributed by atoms with Crippen LogP contribution >= 0.6 is 12.4 Å². The third kappa shape index (κ3) is 2.99. The number of halogens is 1. The largest absolute Gasteiger partial charge is 0.369 e. The summed E-state index contributed by atoms with van der Waals surface area (Å²) in [6.07, 6.45) is 1.90. The van der Waals surface area contributed by atoms with Crippen LogP contribution in [0.25, 0.3) is 0 Å². The summed E-state index contributed by atoms with van der Waals surface area (Å²) in [5.74, 6) is 0.0125. The minimum atomic E-state index is -0.124. The molecular formula is C8H17ClN2O. The smallest absolute Gasteiger partial charge is 0.220 e.